The highest BCUT2D eigenvalue weighted by molar-refractivity contribution is 6.33. The minimum absolute atomic E-state index is 0.228. The summed E-state index contributed by atoms with van der Waals surface area (Å²) in [5.41, 5.74) is 10.1. The predicted octanol–water partition coefficient (Wildman–Crippen LogP) is 3.59. The van der Waals surface area contributed by atoms with Crippen LogP contribution in [0.3, 0.4) is 0 Å². The van der Waals surface area contributed by atoms with Crippen LogP contribution in [0.1, 0.15) is 27.0 Å². The number of hydrogen-bond donors (Lipinski definition) is 5. The lowest BCUT2D eigenvalue weighted by atomic mass is 10.1. The number of H-pyrrole nitrogens is 1. The molecule has 1 amide bonds. The molecule has 0 saturated carbocycles. The fourth-order valence-corrected chi connectivity index (χ4v) is 4.47. The van der Waals surface area contributed by atoms with Crippen LogP contribution in [-0.2, 0) is 6.54 Å². The highest BCUT2D eigenvalue weighted by Gasteiger charge is 2.20. The van der Waals surface area contributed by atoms with Gasteiger partial charge < -0.3 is 31.3 Å². The van der Waals surface area contributed by atoms with Crippen molar-refractivity contribution >= 4 is 40.5 Å². The summed E-state index contributed by atoms with van der Waals surface area (Å²) in [4.78, 5) is 16.8. The maximum Gasteiger partial charge on any atom is 0.256 e. The molecule has 1 saturated heterocycles. The first-order chi connectivity index (χ1) is 16.2. The van der Waals surface area contributed by atoms with Crippen molar-refractivity contribution in [2.75, 3.05) is 48.8 Å². The van der Waals surface area contributed by atoms with Gasteiger partial charge in [0.2, 0.25) is 0 Å². The van der Waals surface area contributed by atoms with Crippen molar-refractivity contribution in [1.29, 1.82) is 0 Å². The first-order valence-corrected chi connectivity index (χ1v) is 11.5. The lowest BCUT2D eigenvalue weighted by molar-refractivity contribution is 0.100. The van der Waals surface area contributed by atoms with Gasteiger partial charge in [0.25, 0.3) is 5.91 Å². The fraction of sp³-hybridized carbons (Fsp3) is 0.333. The maximum atomic E-state index is 12.2. The van der Waals surface area contributed by atoms with Gasteiger partial charge in [-0.3, -0.25) is 9.89 Å². The molecule has 2 aromatic carbocycles. The van der Waals surface area contributed by atoms with Crippen molar-refractivity contribution in [3.05, 3.63) is 57.6 Å². The maximum absolute atomic E-state index is 12.2. The summed E-state index contributed by atoms with van der Waals surface area (Å²) >= 11 is 6.58. The largest absolute Gasteiger partial charge is 0.507 e. The zero-order chi connectivity index (χ0) is 24.4. The van der Waals surface area contributed by atoms with Gasteiger partial charge in [0.1, 0.15) is 17.1 Å². The van der Waals surface area contributed by atoms with Crippen LogP contribution in [-0.4, -0.2) is 59.3 Å². The Kier molecular flexibility index (Phi) is 6.85. The molecule has 0 radical (unpaired) electrons. The van der Waals surface area contributed by atoms with Crippen molar-refractivity contribution in [2.24, 2.45) is 5.73 Å². The minimum atomic E-state index is -0.614. The van der Waals surface area contributed by atoms with Gasteiger partial charge in [0.15, 0.2) is 5.82 Å². The number of aryl methyl sites for hydroxylation is 2. The molecule has 0 aliphatic carbocycles. The number of benzene rings is 2. The molecule has 1 fully saturated rings. The van der Waals surface area contributed by atoms with Gasteiger partial charge in [0.05, 0.1) is 10.7 Å². The van der Waals surface area contributed by atoms with Crippen molar-refractivity contribution in [1.82, 2.24) is 15.1 Å². The van der Waals surface area contributed by atoms with E-state index in [9.17, 15) is 9.90 Å². The van der Waals surface area contributed by atoms with Crippen molar-refractivity contribution < 1.29 is 9.90 Å². The van der Waals surface area contributed by atoms with Crippen LogP contribution in [0.4, 0.5) is 23.0 Å². The first kappa shape index (κ1) is 23.7. The lowest BCUT2D eigenvalue weighted by Gasteiger charge is -2.34. The summed E-state index contributed by atoms with van der Waals surface area (Å²) < 4.78 is 0. The third-order valence-corrected chi connectivity index (χ3v) is 6.39. The molecule has 4 rings (SSSR count). The summed E-state index contributed by atoms with van der Waals surface area (Å²) in [6.07, 6.45) is 0. The number of phenols is 1. The third kappa shape index (κ3) is 5.05. The second kappa shape index (κ2) is 9.82. The third-order valence-electron chi connectivity index (χ3n) is 6.08. The fourth-order valence-electron chi connectivity index (χ4n) is 4.17. The number of likely N-dealkylation sites (N-methyl/N-ethyl adjacent to an activating group) is 1. The Morgan fingerprint density at radius 3 is 2.47 bits per heavy atom. The Bertz CT molecular complexity index is 1180. The van der Waals surface area contributed by atoms with Gasteiger partial charge in [-0.15, -0.1) is 0 Å². The van der Waals surface area contributed by atoms with E-state index in [-0.39, 0.29) is 11.3 Å². The number of rotatable bonds is 7. The second-order valence-electron chi connectivity index (χ2n) is 8.70. The smallest absolute Gasteiger partial charge is 0.256 e. The number of hydrogen-bond acceptors (Lipinski definition) is 7. The average molecular weight is 484 g/mol. The van der Waals surface area contributed by atoms with Crippen molar-refractivity contribution in [3.63, 3.8) is 0 Å². The topological polar surface area (TPSA) is 123 Å². The molecule has 6 N–H and O–H groups in total. The van der Waals surface area contributed by atoms with Gasteiger partial charge in [-0.2, -0.15) is 5.10 Å². The van der Waals surface area contributed by atoms with Gasteiger partial charge in [-0.05, 0) is 55.8 Å². The molecule has 0 unspecified atom stereocenters. The average Bonchev–Trinajstić information content (AvgIpc) is 3.19. The Balaban J connectivity index is 1.50. The van der Waals surface area contributed by atoms with Crippen LogP contribution in [0.2, 0.25) is 5.02 Å². The summed E-state index contributed by atoms with van der Waals surface area (Å²) in [5, 5.41) is 24.0. The number of nitrogens with two attached hydrogens (primary N) is 1. The zero-order valence-corrected chi connectivity index (χ0v) is 20.3. The highest BCUT2D eigenvalue weighted by Crippen LogP contribution is 2.32. The number of aromatic hydroxyl groups is 1. The van der Waals surface area contributed by atoms with E-state index >= 15 is 0 Å². The van der Waals surface area contributed by atoms with Gasteiger partial charge in [-0.1, -0.05) is 23.7 Å². The molecule has 9 nitrogen and oxygen atoms in total. The van der Waals surface area contributed by atoms with E-state index in [1.165, 1.54) is 0 Å². The van der Waals surface area contributed by atoms with Crippen LogP contribution in [0.5, 0.6) is 5.75 Å². The Labute approximate surface area is 203 Å². The van der Waals surface area contributed by atoms with Crippen LogP contribution < -0.4 is 21.3 Å². The standard InChI is InChI=1S/C24H30ClN7O2/c1-14-10-16(11-15(2)21(14)33)13-27-23-20(22(26)34)24(30-29-23)28-17-4-5-19(18(25)12-17)32-8-6-31(3)7-9-32/h4-5,10-12,33H,6-9,13H2,1-3H3,(H2,26,34)(H3,27,28,29,30). The molecule has 3 aromatic rings. The SMILES string of the molecule is Cc1cc(CNc2n[nH]c(Nc3ccc(N4CCN(C)CC4)c(Cl)c3)c2C(N)=O)cc(C)c1O. The normalized spacial score (nSPS) is 14.3. The van der Waals surface area contributed by atoms with E-state index in [1.54, 1.807) is 0 Å². The van der Waals surface area contributed by atoms with E-state index in [1.807, 2.05) is 44.2 Å². The summed E-state index contributed by atoms with van der Waals surface area (Å²) in [6.45, 7) is 7.93. The molecule has 180 valence electrons. The van der Waals surface area contributed by atoms with Gasteiger partial charge >= 0.3 is 0 Å². The summed E-state index contributed by atoms with van der Waals surface area (Å²) in [7, 11) is 2.11. The van der Waals surface area contributed by atoms with E-state index in [0.717, 1.165) is 48.6 Å². The highest BCUT2D eigenvalue weighted by atomic mass is 35.5. The second-order valence-corrected chi connectivity index (χ2v) is 9.11. The van der Waals surface area contributed by atoms with Crippen molar-refractivity contribution in [3.8, 4) is 5.75 Å². The lowest BCUT2D eigenvalue weighted by Crippen LogP contribution is -2.44. The van der Waals surface area contributed by atoms with Crippen molar-refractivity contribution in [2.45, 2.75) is 20.4 Å². The molecule has 2 heterocycles. The molecule has 0 bridgehead atoms. The Morgan fingerprint density at radius 1 is 1.18 bits per heavy atom. The summed E-state index contributed by atoms with van der Waals surface area (Å²) in [5.74, 6) is 0.400. The number of amides is 1. The molecule has 0 spiro atoms. The van der Waals surface area contributed by atoms with E-state index in [2.05, 4.69) is 37.7 Å². The predicted molar refractivity (Wildman–Crippen MR) is 136 cm³/mol. The molecule has 0 atom stereocenters. The number of piperazine rings is 1. The molecule has 10 heteroatoms. The molecular weight excluding hydrogens is 454 g/mol. The number of phenolic OH excluding ortho intramolecular Hbond substituents is 1. The zero-order valence-electron chi connectivity index (χ0n) is 19.6. The first-order valence-electron chi connectivity index (χ1n) is 11.1. The molecule has 34 heavy (non-hydrogen) atoms. The van der Waals surface area contributed by atoms with E-state index in [4.69, 9.17) is 17.3 Å². The minimum Gasteiger partial charge on any atom is -0.507 e. The molecular formula is C24H30ClN7O2. The Hall–Kier alpha value is -3.43. The number of carbonyl (C=O) groups is 1. The molecule has 1 aromatic heterocycles. The van der Waals surface area contributed by atoms with Gasteiger partial charge in [-0.25, -0.2) is 0 Å². The monoisotopic (exact) mass is 483 g/mol. The number of aromatic nitrogens is 2. The number of nitrogens with one attached hydrogen (secondary N) is 3. The van der Waals surface area contributed by atoms with Crippen LogP contribution >= 0.6 is 11.6 Å². The number of carbonyl (C=O) groups excluding carboxylic acids is 1. The van der Waals surface area contributed by atoms with E-state index < -0.39 is 5.91 Å². The number of primary amides is 1. The number of nitrogens with zero attached hydrogens (tertiary/aromatic N) is 3. The molecule has 1 aliphatic heterocycles. The van der Waals surface area contributed by atoms with Crippen LogP contribution in [0.15, 0.2) is 30.3 Å². The Morgan fingerprint density at radius 2 is 1.85 bits per heavy atom. The number of anilines is 4. The van der Waals surface area contributed by atoms with Crippen LogP contribution in [0.25, 0.3) is 0 Å². The number of halogens is 1. The quantitative estimate of drug-likeness (QED) is 0.348. The molecule has 1 aliphatic rings. The van der Waals surface area contributed by atoms with Gasteiger partial charge in [0, 0.05) is 38.4 Å². The van der Waals surface area contributed by atoms with E-state index in [0.29, 0.717) is 28.9 Å². The summed E-state index contributed by atoms with van der Waals surface area (Å²) in [6, 6.07) is 9.49. The van der Waals surface area contributed by atoms with Crippen LogP contribution in [0, 0.1) is 13.8 Å². The number of aromatic amines is 1.